The van der Waals surface area contributed by atoms with E-state index in [1.807, 2.05) is 91.0 Å². The number of carbonyl (C=O) groups excluding carboxylic acids is 1. The fourth-order valence-corrected chi connectivity index (χ4v) is 5.25. The maximum absolute atomic E-state index is 12.1. The van der Waals surface area contributed by atoms with Crippen LogP contribution in [0, 0.1) is 0 Å². The van der Waals surface area contributed by atoms with Gasteiger partial charge in [-0.2, -0.15) is 0 Å². The van der Waals surface area contributed by atoms with E-state index in [0.717, 1.165) is 16.0 Å². The van der Waals surface area contributed by atoms with Crippen LogP contribution in [-0.4, -0.2) is 42.4 Å². The molecule has 4 rings (SSSR count). The number of azide groups is 1. The van der Waals surface area contributed by atoms with Gasteiger partial charge in [0.2, 0.25) is 0 Å². The zero-order valence-corrected chi connectivity index (χ0v) is 21.3. The van der Waals surface area contributed by atoms with Crippen molar-refractivity contribution < 1.29 is 23.7 Å². The van der Waals surface area contributed by atoms with E-state index in [9.17, 15) is 10.3 Å². The van der Waals surface area contributed by atoms with Gasteiger partial charge in [-0.1, -0.05) is 95.7 Å². The molecular weight excluding hydrogens is 490 g/mol. The average molecular weight is 520 g/mol. The second-order valence-electron chi connectivity index (χ2n) is 8.51. The Bertz CT molecular complexity index is 1160. The van der Waals surface area contributed by atoms with Gasteiger partial charge >= 0.3 is 5.97 Å². The Labute approximate surface area is 220 Å². The Morgan fingerprint density at radius 2 is 1.51 bits per heavy atom. The lowest BCUT2D eigenvalue weighted by Gasteiger charge is -2.44. The highest BCUT2D eigenvalue weighted by Gasteiger charge is 2.48. The third-order valence-corrected chi connectivity index (χ3v) is 6.93. The Morgan fingerprint density at radius 1 is 0.919 bits per heavy atom. The van der Waals surface area contributed by atoms with E-state index in [1.54, 1.807) is 0 Å². The number of hydrogen-bond acceptors (Lipinski definition) is 7. The average Bonchev–Trinajstić information content (AvgIpc) is 2.92. The van der Waals surface area contributed by atoms with E-state index in [4.69, 9.17) is 18.9 Å². The minimum absolute atomic E-state index is 0.140. The first-order chi connectivity index (χ1) is 18.1. The molecule has 1 heterocycles. The molecule has 3 aromatic carbocycles. The monoisotopic (exact) mass is 519 g/mol. The summed E-state index contributed by atoms with van der Waals surface area (Å²) in [5.41, 5.74) is 10.9. The molecule has 0 amide bonds. The molecule has 1 aliphatic rings. The largest absolute Gasteiger partial charge is 0.459 e. The normalized spacial score (nSPS) is 23.1. The second-order valence-corrected chi connectivity index (χ2v) is 9.68. The lowest BCUT2D eigenvalue weighted by atomic mass is 9.97. The van der Waals surface area contributed by atoms with Crippen LogP contribution in [0.5, 0.6) is 0 Å². The summed E-state index contributed by atoms with van der Waals surface area (Å²) in [7, 11) is 0. The first kappa shape index (κ1) is 26.7. The molecule has 0 spiro atoms. The van der Waals surface area contributed by atoms with Crippen molar-refractivity contribution in [3.05, 3.63) is 113 Å². The minimum Gasteiger partial charge on any atom is -0.459 e. The standard InChI is InChI=1S/C28H29N3O5S/c1-20(32)35-26-24(19-33-17-21-11-5-2-6-12-21)36-28(37-23-15-9-4-10-16-23)27(25(26)30-31-29)34-18-22-13-7-3-8-14-22/h2-16,24-28H,17-19H2,1H3/t24-,25+,26+,27-,28+/m1/s1. The van der Waals surface area contributed by atoms with Crippen molar-refractivity contribution in [1.29, 1.82) is 0 Å². The Morgan fingerprint density at radius 3 is 2.11 bits per heavy atom. The molecule has 0 bridgehead atoms. The van der Waals surface area contributed by atoms with Gasteiger partial charge in [0.15, 0.2) is 0 Å². The third kappa shape index (κ3) is 7.82. The van der Waals surface area contributed by atoms with Gasteiger partial charge in [-0.05, 0) is 28.8 Å². The highest BCUT2D eigenvalue weighted by atomic mass is 32.2. The summed E-state index contributed by atoms with van der Waals surface area (Å²) in [4.78, 5) is 16.1. The third-order valence-electron chi connectivity index (χ3n) is 5.78. The van der Waals surface area contributed by atoms with Crippen LogP contribution < -0.4 is 0 Å². The van der Waals surface area contributed by atoms with Gasteiger partial charge in [-0.25, -0.2) is 0 Å². The molecule has 0 radical (unpaired) electrons. The summed E-state index contributed by atoms with van der Waals surface area (Å²) < 4.78 is 24.4. The van der Waals surface area contributed by atoms with Crippen molar-refractivity contribution in [1.82, 2.24) is 0 Å². The lowest BCUT2D eigenvalue weighted by Crippen LogP contribution is -2.59. The van der Waals surface area contributed by atoms with Crippen LogP contribution in [0.1, 0.15) is 18.1 Å². The molecule has 9 heteroatoms. The number of ether oxygens (including phenoxy) is 4. The predicted octanol–water partition coefficient (Wildman–Crippen LogP) is 5.92. The zero-order valence-electron chi connectivity index (χ0n) is 20.5. The number of rotatable bonds is 11. The van der Waals surface area contributed by atoms with Crippen molar-refractivity contribution in [3.8, 4) is 0 Å². The van der Waals surface area contributed by atoms with E-state index >= 15 is 0 Å². The summed E-state index contributed by atoms with van der Waals surface area (Å²) in [6.45, 7) is 2.10. The van der Waals surface area contributed by atoms with Crippen molar-refractivity contribution in [2.45, 2.75) is 54.8 Å². The highest BCUT2D eigenvalue weighted by Crippen LogP contribution is 2.37. The second kappa shape index (κ2) is 13.8. The molecule has 192 valence electrons. The van der Waals surface area contributed by atoms with Crippen molar-refractivity contribution >= 4 is 17.7 Å². The van der Waals surface area contributed by atoms with Crippen molar-refractivity contribution in [3.63, 3.8) is 0 Å². The van der Waals surface area contributed by atoms with Crippen LogP contribution in [-0.2, 0) is 37.0 Å². The molecule has 0 aliphatic carbocycles. The number of benzene rings is 3. The number of nitrogens with zero attached hydrogens (tertiary/aromatic N) is 3. The van der Waals surface area contributed by atoms with Crippen molar-refractivity contribution in [2.75, 3.05) is 6.61 Å². The van der Waals surface area contributed by atoms with Crippen LogP contribution in [0.25, 0.3) is 10.4 Å². The summed E-state index contributed by atoms with van der Waals surface area (Å²) in [5.74, 6) is -0.504. The van der Waals surface area contributed by atoms with Gasteiger partial charge in [0.25, 0.3) is 0 Å². The summed E-state index contributed by atoms with van der Waals surface area (Å²) in [6.07, 6.45) is -2.23. The molecule has 37 heavy (non-hydrogen) atoms. The van der Waals surface area contributed by atoms with E-state index in [0.29, 0.717) is 6.61 Å². The molecule has 0 saturated carbocycles. The quantitative estimate of drug-likeness (QED) is 0.135. The summed E-state index contributed by atoms with van der Waals surface area (Å²) in [5, 5.41) is 4.05. The predicted molar refractivity (Wildman–Crippen MR) is 141 cm³/mol. The molecular formula is C28H29N3O5S. The van der Waals surface area contributed by atoms with Gasteiger partial charge in [-0.3, -0.25) is 4.79 Å². The number of carbonyl (C=O) groups is 1. The van der Waals surface area contributed by atoms with E-state index in [-0.39, 0.29) is 13.2 Å². The number of esters is 1. The molecule has 8 nitrogen and oxygen atoms in total. The fourth-order valence-electron chi connectivity index (χ4n) is 4.10. The van der Waals surface area contributed by atoms with Gasteiger partial charge in [0, 0.05) is 16.7 Å². The van der Waals surface area contributed by atoms with Gasteiger partial charge < -0.3 is 18.9 Å². The zero-order chi connectivity index (χ0) is 25.9. The fraction of sp³-hybridized carbons (Fsp3) is 0.321. The molecule has 0 aromatic heterocycles. The summed E-state index contributed by atoms with van der Waals surface area (Å²) in [6, 6.07) is 28.4. The van der Waals surface area contributed by atoms with Crippen LogP contribution in [0.15, 0.2) is 101 Å². The van der Waals surface area contributed by atoms with Crippen molar-refractivity contribution in [2.24, 2.45) is 5.11 Å². The lowest BCUT2D eigenvalue weighted by molar-refractivity contribution is -0.201. The molecule has 1 fully saturated rings. The first-order valence-corrected chi connectivity index (χ1v) is 12.9. The van der Waals surface area contributed by atoms with Crippen LogP contribution in [0.4, 0.5) is 0 Å². The first-order valence-electron chi connectivity index (χ1n) is 12.0. The smallest absolute Gasteiger partial charge is 0.303 e. The topological polar surface area (TPSA) is 103 Å². The minimum atomic E-state index is -0.877. The number of thioether (sulfide) groups is 1. The van der Waals surface area contributed by atoms with Gasteiger partial charge in [0.1, 0.15) is 29.8 Å². The van der Waals surface area contributed by atoms with Crippen LogP contribution in [0.2, 0.25) is 0 Å². The summed E-state index contributed by atoms with van der Waals surface area (Å²) >= 11 is 1.47. The Kier molecular flexibility index (Phi) is 9.99. The maximum Gasteiger partial charge on any atom is 0.303 e. The highest BCUT2D eigenvalue weighted by molar-refractivity contribution is 7.99. The SMILES string of the molecule is CC(=O)O[C@@H]1[C@H](N=[N+]=[N-])[C@@H](OCc2ccccc2)[C@H](Sc2ccccc2)O[C@@H]1COCc1ccccc1. The Balaban J connectivity index is 1.59. The van der Waals surface area contributed by atoms with E-state index in [2.05, 4.69) is 10.0 Å². The molecule has 5 atom stereocenters. The molecule has 0 unspecified atom stereocenters. The molecule has 1 saturated heterocycles. The molecule has 0 N–H and O–H groups in total. The van der Waals surface area contributed by atoms with Gasteiger partial charge in [-0.15, -0.1) is 0 Å². The van der Waals surface area contributed by atoms with E-state index in [1.165, 1.54) is 18.7 Å². The van der Waals surface area contributed by atoms with Gasteiger partial charge in [0.05, 0.1) is 19.8 Å². The Hall–Kier alpha value is -3.33. The number of hydrogen-bond donors (Lipinski definition) is 0. The maximum atomic E-state index is 12.1. The van der Waals surface area contributed by atoms with Crippen LogP contribution in [0.3, 0.4) is 0 Å². The molecule has 3 aromatic rings. The van der Waals surface area contributed by atoms with E-state index < -0.39 is 35.8 Å². The van der Waals surface area contributed by atoms with Crippen LogP contribution >= 0.6 is 11.8 Å². The molecule has 1 aliphatic heterocycles.